The van der Waals surface area contributed by atoms with Crippen LogP contribution in [0, 0.1) is 0 Å². The molecule has 3 N–H and O–H groups in total. The van der Waals surface area contributed by atoms with Gasteiger partial charge < -0.3 is 10.4 Å². The molecule has 38 heavy (non-hydrogen) atoms. The lowest BCUT2D eigenvalue weighted by atomic mass is 10.1. The van der Waals surface area contributed by atoms with Gasteiger partial charge in [-0.3, -0.25) is 9.36 Å². The molecule has 1 amide bonds. The van der Waals surface area contributed by atoms with E-state index in [1.807, 2.05) is 59.2 Å². The number of benzene rings is 4. The van der Waals surface area contributed by atoms with E-state index in [0.717, 1.165) is 32.4 Å². The van der Waals surface area contributed by atoms with Crippen LogP contribution in [0.15, 0.2) is 106 Å². The number of fused-ring (bicyclic) bond motifs is 1. The topological polar surface area (TPSA) is 104 Å². The van der Waals surface area contributed by atoms with E-state index in [4.69, 9.17) is 0 Å². The SMILES string of the molecule is O=C(CSc1nnc(CNc2cccc3ccccc23)n1-c1ccccc1)N/N=C\c1cc(Br)ccc1O. The lowest BCUT2D eigenvalue weighted by molar-refractivity contribution is -0.118. The fourth-order valence-corrected chi connectivity index (χ4v) is 5.01. The highest BCUT2D eigenvalue weighted by molar-refractivity contribution is 9.10. The molecule has 190 valence electrons. The van der Waals surface area contributed by atoms with Crippen molar-refractivity contribution in [1.29, 1.82) is 0 Å². The molecule has 0 spiro atoms. The van der Waals surface area contributed by atoms with Gasteiger partial charge in [0.1, 0.15) is 5.75 Å². The van der Waals surface area contributed by atoms with E-state index in [-0.39, 0.29) is 17.4 Å². The minimum absolute atomic E-state index is 0.0705. The summed E-state index contributed by atoms with van der Waals surface area (Å²) in [5, 5.41) is 29.0. The maximum absolute atomic E-state index is 12.5. The molecule has 0 saturated carbocycles. The Balaban J connectivity index is 1.29. The summed E-state index contributed by atoms with van der Waals surface area (Å²) in [5.74, 6) is 0.568. The minimum Gasteiger partial charge on any atom is -0.507 e. The molecule has 8 nitrogen and oxygen atoms in total. The van der Waals surface area contributed by atoms with Crippen molar-refractivity contribution in [2.24, 2.45) is 5.10 Å². The third-order valence-electron chi connectivity index (χ3n) is 5.66. The van der Waals surface area contributed by atoms with E-state index in [2.05, 4.69) is 60.2 Å². The van der Waals surface area contributed by atoms with Gasteiger partial charge in [-0.1, -0.05) is 82.3 Å². The molecule has 0 aliphatic rings. The van der Waals surface area contributed by atoms with Gasteiger partial charge in [-0.2, -0.15) is 5.10 Å². The summed E-state index contributed by atoms with van der Waals surface area (Å²) < 4.78 is 2.74. The number of nitrogens with zero attached hydrogens (tertiary/aromatic N) is 4. The Morgan fingerprint density at radius 1 is 1.00 bits per heavy atom. The normalized spacial score (nSPS) is 11.2. The summed E-state index contributed by atoms with van der Waals surface area (Å²) in [5.41, 5.74) is 4.89. The molecule has 0 fully saturated rings. The molecule has 4 aromatic carbocycles. The number of amides is 1. The average molecular weight is 588 g/mol. The van der Waals surface area contributed by atoms with Crippen molar-refractivity contribution < 1.29 is 9.90 Å². The molecule has 0 saturated heterocycles. The molecule has 10 heteroatoms. The van der Waals surface area contributed by atoms with Gasteiger partial charge in [0.15, 0.2) is 11.0 Å². The summed E-state index contributed by atoms with van der Waals surface area (Å²) in [6, 6.07) is 29.1. The van der Waals surface area contributed by atoms with Gasteiger partial charge in [0.05, 0.1) is 18.5 Å². The first-order chi connectivity index (χ1) is 18.6. The van der Waals surface area contributed by atoms with Gasteiger partial charge in [-0.05, 0) is 41.8 Å². The zero-order chi connectivity index (χ0) is 26.3. The number of anilines is 1. The van der Waals surface area contributed by atoms with Gasteiger partial charge >= 0.3 is 0 Å². The predicted molar refractivity (Wildman–Crippen MR) is 155 cm³/mol. The van der Waals surface area contributed by atoms with Crippen molar-refractivity contribution in [3.63, 3.8) is 0 Å². The number of halogens is 1. The third kappa shape index (κ3) is 6.04. The summed E-state index contributed by atoms with van der Waals surface area (Å²) in [6.07, 6.45) is 1.40. The molecule has 1 aromatic heterocycles. The van der Waals surface area contributed by atoms with Crippen molar-refractivity contribution in [2.75, 3.05) is 11.1 Å². The van der Waals surface area contributed by atoms with Crippen LogP contribution >= 0.6 is 27.7 Å². The number of phenols is 1. The molecule has 1 heterocycles. The Labute approximate surface area is 231 Å². The zero-order valence-corrected chi connectivity index (χ0v) is 22.5. The fourth-order valence-electron chi connectivity index (χ4n) is 3.86. The number of hydrogen-bond donors (Lipinski definition) is 3. The van der Waals surface area contributed by atoms with Gasteiger partial charge in [0.25, 0.3) is 5.91 Å². The van der Waals surface area contributed by atoms with Gasteiger partial charge in [-0.25, -0.2) is 5.43 Å². The van der Waals surface area contributed by atoms with Crippen molar-refractivity contribution in [3.05, 3.63) is 107 Å². The number of rotatable bonds is 9. The molecule has 0 bridgehead atoms. The summed E-state index contributed by atoms with van der Waals surface area (Å²) >= 11 is 4.61. The van der Waals surface area contributed by atoms with E-state index >= 15 is 0 Å². The Kier molecular flexibility index (Phi) is 8.01. The van der Waals surface area contributed by atoms with Crippen LogP contribution in [0.3, 0.4) is 0 Å². The maximum Gasteiger partial charge on any atom is 0.250 e. The zero-order valence-electron chi connectivity index (χ0n) is 20.1. The number of phenolic OH excluding ortho intramolecular Hbond substituents is 1. The highest BCUT2D eigenvalue weighted by Gasteiger charge is 2.16. The molecule has 5 aromatic rings. The van der Waals surface area contributed by atoms with Gasteiger partial charge in [0, 0.05) is 26.8 Å². The first-order valence-electron chi connectivity index (χ1n) is 11.7. The van der Waals surface area contributed by atoms with Crippen LogP contribution in [-0.2, 0) is 11.3 Å². The molecule has 0 unspecified atom stereocenters. The molecule has 0 aliphatic carbocycles. The number of hydrazone groups is 1. The number of thioether (sulfide) groups is 1. The average Bonchev–Trinajstić information content (AvgIpc) is 3.36. The Morgan fingerprint density at radius 2 is 1.79 bits per heavy atom. The number of hydrogen-bond acceptors (Lipinski definition) is 7. The second kappa shape index (κ2) is 11.9. The first kappa shape index (κ1) is 25.5. The van der Waals surface area contributed by atoms with E-state index in [0.29, 0.717) is 17.3 Å². The summed E-state index contributed by atoms with van der Waals surface area (Å²) in [7, 11) is 0. The number of aromatic nitrogens is 3. The van der Waals surface area contributed by atoms with Crippen molar-refractivity contribution in [3.8, 4) is 11.4 Å². The van der Waals surface area contributed by atoms with Crippen molar-refractivity contribution in [2.45, 2.75) is 11.7 Å². The van der Waals surface area contributed by atoms with Crippen molar-refractivity contribution in [1.82, 2.24) is 20.2 Å². The summed E-state index contributed by atoms with van der Waals surface area (Å²) in [4.78, 5) is 12.5. The smallest absolute Gasteiger partial charge is 0.250 e. The van der Waals surface area contributed by atoms with Crippen LogP contribution in [-0.4, -0.2) is 37.7 Å². The standard InChI is InChI=1S/C28H23BrN6O2S/c29-21-13-14-25(36)20(15-21)16-31-33-27(37)18-38-28-34-32-26(35(28)22-9-2-1-3-10-22)17-30-24-12-6-8-19-7-4-5-11-23(19)24/h1-16,30,36H,17-18H2,(H,33,37)/b31-16-. The van der Waals surface area contributed by atoms with Crippen LogP contribution in [0.25, 0.3) is 16.5 Å². The monoisotopic (exact) mass is 586 g/mol. The number of carbonyl (C=O) groups excluding carboxylic acids is 1. The second-order valence-corrected chi connectivity index (χ2v) is 10.1. The van der Waals surface area contributed by atoms with Gasteiger partial charge in [0.2, 0.25) is 0 Å². The number of nitrogens with one attached hydrogen (secondary N) is 2. The number of carbonyl (C=O) groups is 1. The Bertz CT molecular complexity index is 1600. The lowest BCUT2D eigenvalue weighted by Crippen LogP contribution is -2.20. The predicted octanol–water partition coefficient (Wildman–Crippen LogP) is 5.74. The molecule has 0 atom stereocenters. The Morgan fingerprint density at radius 3 is 2.66 bits per heavy atom. The van der Waals surface area contributed by atoms with E-state index in [1.54, 1.807) is 18.2 Å². The molecule has 0 radical (unpaired) electrons. The molecular formula is C28H23BrN6O2S. The van der Waals surface area contributed by atoms with Crippen LogP contribution in [0.2, 0.25) is 0 Å². The van der Waals surface area contributed by atoms with E-state index < -0.39 is 0 Å². The second-order valence-electron chi connectivity index (χ2n) is 8.24. The van der Waals surface area contributed by atoms with E-state index in [9.17, 15) is 9.90 Å². The van der Waals surface area contributed by atoms with Crippen LogP contribution in [0.1, 0.15) is 11.4 Å². The lowest BCUT2D eigenvalue weighted by Gasteiger charge is -2.12. The highest BCUT2D eigenvalue weighted by atomic mass is 79.9. The van der Waals surface area contributed by atoms with Crippen LogP contribution in [0.5, 0.6) is 5.75 Å². The first-order valence-corrected chi connectivity index (χ1v) is 13.5. The Hall–Kier alpha value is -4.15. The van der Waals surface area contributed by atoms with E-state index in [1.165, 1.54) is 18.0 Å². The van der Waals surface area contributed by atoms with Crippen LogP contribution < -0.4 is 10.7 Å². The summed E-state index contributed by atoms with van der Waals surface area (Å²) in [6.45, 7) is 0.448. The molecule has 5 rings (SSSR count). The van der Waals surface area contributed by atoms with Crippen LogP contribution in [0.4, 0.5) is 5.69 Å². The molecule has 0 aliphatic heterocycles. The fraction of sp³-hybridized carbons (Fsp3) is 0.0714. The van der Waals surface area contributed by atoms with Gasteiger partial charge in [-0.15, -0.1) is 10.2 Å². The minimum atomic E-state index is -0.307. The highest BCUT2D eigenvalue weighted by Crippen LogP contribution is 2.26. The third-order valence-corrected chi connectivity index (χ3v) is 7.08. The number of para-hydroxylation sites is 1. The molecular weight excluding hydrogens is 564 g/mol. The largest absolute Gasteiger partial charge is 0.507 e. The quantitative estimate of drug-likeness (QED) is 0.115. The maximum atomic E-state index is 12.5. The number of aromatic hydroxyl groups is 1. The van der Waals surface area contributed by atoms with Crippen molar-refractivity contribution >= 4 is 56.3 Å².